The lowest BCUT2D eigenvalue weighted by Gasteiger charge is -2.27. The second-order valence-electron chi connectivity index (χ2n) is 8.46. The molecule has 7 heteroatoms. The minimum Gasteiger partial charge on any atom is -0.461 e. The van der Waals surface area contributed by atoms with Crippen molar-refractivity contribution in [1.29, 1.82) is 0 Å². The molecule has 1 unspecified atom stereocenters. The average molecular weight is 425 g/mol. The quantitative estimate of drug-likeness (QED) is 0.712. The summed E-state index contributed by atoms with van der Waals surface area (Å²) in [5, 5.41) is 7.54. The van der Waals surface area contributed by atoms with Crippen LogP contribution in [-0.4, -0.2) is 53.8 Å². The molecule has 7 nitrogen and oxygen atoms in total. The lowest BCUT2D eigenvalue weighted by Crippen LogP contribution is -2.49. The number of fused-ring (bicyclic) bond motifs is 1. The SMILES string of the molecule is C=C(Nc1ccc2oc(CC)cc2c1)NC1CCCCN(CC(=O)N2CCCC2)C1=O. The average Bonchev–Trinajstić information content (AvgIpc) is 3.40. The summed E-state index contributed by atoms with van der Waals surface area (Å²) >= 11 is 0. The highest BCUT2D eigenvalue weighted by Gasteiger charge is 2.30. The molecular weight excluding hydrogens is 392 g/mol. The molecule has 0 saturated carbocycles. The van der Waals surface area contributed by atoms with Crippen LogP contribution in [0.1, 0.15) is 44.8 Å². The van der Waals surface area contributed by atoms with Crippen LogP contribution in [0.4, 0.5) is 5.69 Å². The van der Waals surface area contributed by atoms with Gasteiger partial charge in [0.25, 0.3) is 0 Å². The number of carbonyl (C=O) groups is 2. The fraction of sp³-hybridized carbons (Fsp3) is 0.500. The van der Waals surface area contributed by atoms with Crippen LogP contribution < -0.4 is 10.6 Å². The molecule has 1 atom stereocenters. The first-order valence-electron chi connectivity index (χ1n) is 11.3. The molecule has 31 heavy (non-hydrogen) atoms. The van der Waals surface area contributed by atoms with Crippen molar-refractivity contribution in [3.63, 3.8) is 0 Å². The van der Waals surface area contributed by atoms with Gasteiger partial charge in [0.15, 0.2) is 0 Å². The van der Waals surface area contributed by atoms with Crippen molar-refractivity contribution in [2.45, 2.75) is 51.5 Å². The first kappa shape index (κ1) is 21.3. The zero-order valence-electron chi connectivity index (χ0n) is 18.3. The van der Waals surface area contributed by atoms with E-state index in [0.29, 0.717) is 12.4 Å². The van der Waals surface area contributed by atoms with E-state index in [1.54, 1.807) is 4.90 Å². The Labute approximate surface area is 183 Å². The maximum atomic E-state index is 13.1. The molecule has 1 aromatic heterocycles. The zero-order chi connectivity index (χ0) is 21.8. The Morgan fingerprint density at radius 3 is 2.71 bits per heavy atom. The Balaban J connectivity index is 1.37. The molecule has 2 fully saturated rings. The molecule has 2 saturated heterocycles. The van der Waals surface area contributed by atoms with Crippen molar-refractivity contribution in [3.05, 3.63) is 42.4 Å². The van der Waals surface area contributed by atoms with Crippen LogP contribution in [0.3, 0.4) is 0 Å². The van der Waals surface area contributed by atoms with Gasteiger partial charge in [0, 0.05) is 37.1 Å². The normalized spacial score (nSPS) is 19.5. The van der Waals surface area contributed by atoms with Gasteiger partial charge in [0.05, 0.1) is 12.4 Å². The number of amides is 2. The molecule has 0 spiro atoms. The largest absolute Gasteiger partial charge is 0.461 e. The molecule has 2 aliphatic rings. The van der Waals surface area contributed by atoms with Crippen LogP contribution in [-0.2, 0) is 16.0 Å². The van der Waals surface area contributed by atoms with Gasteiger partial charge in [-0.2, -0.15) is 0 Å². The Hall–Kier alpha value is -2.96. The monoisotopic (exact) mass is 424 g/mol. The number of benzene rings is 1. The predicted molar refractivity (Wildman–Crippen MR) is 122 cm³/mol. The maximum Gasteiger partial charge on any atom is 0.245 e. The Morgan fingerprint density at radius 2 is 1.94 bits per heavy atom. The number of likely N-dealkylation sites (tertiary alicyclic amines) is 2. The van der Waals surface area contributed by atoms with Gasteiger partial charge < -0.3 is 24.9 Å². The van der Waals surface area contributed by atoms with Crippen molar-refractivity contribution in [2.75, 3.05) is 31.5 Å². The molecule has 0 aliphatic carbocycles. The first-order chi connectivity index (χ1) is 15.0. The summed E-state index contributed by atoms with van der Waals surface area (Å²) in [7, 11) is 0. The van der Waals surface area contributed by atoms with E-state index in [-0.39, 0.29) is 24.4 Å². The van der Waals surface area contributed by atoms with Gasteiger partial charge in [-0.1, -0.05) is 13.5 Å². The van der Waals surface area contributed by atoms with E-state index in [0.717, 1.165) is 74.0 Å². The number of furan rings is 1. The predicted octanol–water partition coefficient (Wildman–Crippen LogP) is 3.47. The summed E-state index contributed by atoms with van der Waals surface area (Å²) in [6, 6.07) is 7.56. The third kappa shape index (κ3) is 5.03. The third-order valence-electron chi connectivity index (χ3n) is 6.12. The van der Waals surface area contributed by atoms with Gasteiger partial charge >= 0.3 is 0 Å². The number of nitrogens with zero attached hydrogens (tertiary/aromatic N) is 2. The van der Waals surface area contributed by atoms with Crippen molar-refractivity contribution >= 4 is 28.5 Å². The van der Waals surface area contributed by atoms with E-state index in [9.17, 15) is 9.59 Å². The minimum absolute atomic E-state index is 0.0223. The van der Waals surface area contributed by atoms with Crippen LogP contribution in [0.15, 0.2) is 41.1 Å². The van der Waals surface area contributed by atoms with Crippen molar-refractivity contribution in [3.8, 4) is 0 Å². The van der Waals surface area contributed by atoms with E-state index in [2.05, 4.69) is 24.1 Å². The maximum absolute atomic E-state index is 13.1. The fourth-order valence-electron chi connectivity index (χ4n) is 4.40. The van der Waals surface area contributed by atoms with Crippen molar-refractivity contribution in [2.24, 2.45) is 0 Å². The number of carbonyl (C=O) groups excluding carboxylic acids is 2. The molecule has 4 rings (SSSR count). The van der Waals surface area contributed by atoms with Crippen LogP contribution in [0.2, 0.25) is 0 Å². The number of rotatable bonds is 7. The molecule has 0 bridgehead atoms. The number of hydrogen-bond donors (Lipinski definition) is 2. The molecular formula is C24H32N4O3. The Morgan fingerprint density at radius 1 is 1.16 bits per heavy atom. The lowest BCUT2D eigenvalue weighted by molar-refractivity contribution is -0.140. The van der Waals surface area contributed by atoms with Gasteiger partial charge in [-0.05, 0) is 56.4 Å². The van der Waals surface area contributed by atoms with Crippen LogP contribution >= 0.6 is 0 Å². The number of anilines is 1. The molecule has 3 heterocycles. The molecule has 2 aliphatic heterocycles. The number of aryl methyl sites for hydroxylation is 1. The van der Waals surface area contributed by atoms with Gasteiger partial charge in [-0.3, -0.25) is 9.59 Å². The second kappa shape index (κ2) is 9.45. The summed E-state index contributed by atoms with van der Waals surface area (Å²) in [4.78, 5) is 29.2. The van der Waals surface area contributed by atoms with Gasteiger partial charge in [-0.25, -0.2) is 0 Å². The van der Waals surface area contributed by atoms with E-state index in [1.807, 2.05) is 29.2 Å². The van der Waals surface area contributed by atoms with E-state index >= 15 is 0 Å². The molecule has 2 aromatic rings. The molecule has 1 aromatic carbocycles. The summed E-state index contributed by atoms with van der Waals surface area (Å²) in [5.41, 5.74) is 1.74. The Kier molecular flexibility index (Phi) is 6.49. The van der Waals surface area contributed by atoms with Crippen LogP contribution in [0.25, 0.3) is 11.0 Å². The highest BCUT2D eigenvalue weighted by Crippen LogP contribution is 2.24. The first-order valence-corrected chi connectivity index (χ1v) is 11.3. The second-order valence-corrected chi connectivity index (χ2v) is 8.46. The molecule has 2 N–H and O–H groups in total. The van der Waals surface area contributed by atoms with E-state index in [1.165, 1.54) is 0 Å². The lowest BCUT2D eigenvalue weighted by atomic mass is 10.1. The van der Waals surface area contributed by atoms with Gasteiger partial charge in [0.1, 0.15) is 17.4 Å². The van der Waals surface area contributed by atoms with E-state index in [4.69, 9.17) is 4.42 Å². The topological polar surface area (TPSA) is 77.8 Å². The summed E-state index contributed by atoms with van der Waals surface area (Å²) in [5.74, 6) is 1.57. The molecule has 2 amide bonds. The standard InChI is InChI=1S/C24H32N4O3/c1-3-20-15-18-14-19(9-10-22(18)31-20)25-17(2)26-21-8-4-5-13-28(24(21)30)16-23(29)27-11-6-7-12-27/h9-10,14-15,21,25-26H,2-8,11-13,16H2,1H3. The summed E-state index contributed by atoms with van der Waals surface area (Å²) in [6.45, 7) is 8.56. The highest BCUT2D eigenvalue weighted by molar-refractivity contribution is 5.88. The summed E-state index contributed by atoms with van der Waals surface area (Å²) in [6.07, 6.45) is 5.54. The fourth-order valence-corrected chi connectivity index (χ4v) is 4.40. The third-order valence-corrected chi connectivity index (χ3v) is 6.12. The van der Waals surface area contributed by atoms with Gasteiger partial charge in [0.2, 0.25) is 11.8 Å². The van der Waals surface area contributed by atoms with Crippen molar-refractivity contribution in [1.82, 2.24) is 15.1 Å². The molecule has 166 valence electrons. The highest BCUT2D eigenvalue weighted by atomic mass is 16.3. The zero-order valence-corrected chi connectivity index (χ0v) is 18.3. The van der Waals surface area contributed by atoms with Crippen LogP contribution in [0.5, 0.6) is 0 Å². The van der Waals surface area contributed by atoms with E-state index < -0.39 is 0 Å². The number of nitrogens with one attached hydrogen (secondary N) is 2. The molecule has 0 radical (unpaired) electrons. The van der Waals surface area contributed by atoms with Crippen molar-refractivity contribution < 1.29 is 14.0 Å². The van der Waals surface area contributed by atoms with Crippen LogP contribution in [0, 0.1) is 0 Å². The van der Waals surface area contributed by atoms with Gasteiger partial charge in [-0.15, -0.1) is 0 Å². The smallest absolute Gasteiger partial charge is 0.245 e. The summed E-state index contributed by atoms with van der Waals surface area (Å²) < 4.78 is 5.76. The Bertz CT molecular complexity index is 961. The minimum atomic E-state index is -0.377. The number of hydrogen-bond acceptors (Lipinski definition) is 5.